The number of aliphatic carboxylic acids is 1. The van der Waals surface area contributed by atoms with Crippen LogP contribution in [0.5, 0.6) is 0 Å². The molecule has 0 aliphatic rings. The fourth-order valence-corrected chi connectivity index (χ4v) is 7.31. The maximum absolute atomic E-state index is 12.5. The summed E-state index contributed by atoms with van der Waals surface area (Å²) in [6.07, 6.45) is 0.883. The molecule has 0 radical (unpaired) electrons. The van der Waals surface area contributed by atoms with Gasteiger partial charge in [-0.15, -0.1) is 23.1 Å². The van der Waals surface area contributed by atoms with Crippen molar-refractivity contribution in [3.05, 3.63) is 75.0 Å². The maximum atomic E-state index is 12.5. The van der Waals surface area contributed by atoms with Gasteiger partial charge in [-0.25, -0.2) is 0 Å². The number of nitrogens with one attached hydrogen (secondary N) is 1. The third-order valence-corrected chi connectivity index (χ3v) is 8.97. The van der Waals surface area contributed by atoms with Crippen LogP contribution >= 0.6 is 23.1 Å². The number of amides is 1. The molecule has 0 aliphatic carbocycles. The number of benzene rings is 2. The molecule has 204 valence electrons. The van der Waals surface area contributed by atoms with Crippen molar-refractivity contribution >= 4 is 35.0 Å². The fourth-order valence-electron chi connectivity index (χ4n) is 4.52. The van der Waals surface area contributed by atoms with Gasteiger partial charge in [-0.3, -0.25) is 9.59 Å². The van der Waals surface area contributed by atoms with E-state index in [1.54, 1.807) is 0 Å². The lowest BCUT2D eigenvalue weighted by atomic mass is 9.85. The molecule has 4 nitrogen and oxygen atoms in total. The van der Waals surface area contributed by atoms with E-state index in [4.69, 9.17) is 5.11 Å². The summed E-state index contributed by atoms with van der Waals surface area (Å²) in [4.78, 5) is 26.3. The monoisotopic (exact) mass is 551 g/mol. The lowest BCUT2D eigenvalue weighted by Crippen LogP contribution is -2.25. The van der Waals surface area contributed by atoms with Crippen LogP contribution in [0, 0.1) is 19.3 Å². The minimum Gasteiger partial charge on any atom is -0.481 e. The third-order valence-electron chi connectivity index (χ3n) is 6.41. The van der Waals surface area contributed by atoms with Crippen LogP contribution in [0.25, 0.3) is 11.1 Å². The number of carbonyl (C=O) groups excluding carboxylic acids is 1. The quantitative estimate of drug-likeness (QED) is 0.261. The topological polar surface area (TPSA) is 66.4 Å². The molecule has 38 heavy (non-hydrogen) atoms. The normalized spacial score (nSPS) is 12.8. The first-order valence-corrected chi connectivity index (χ1v) is 14.8. The van der Waals surface area contributed by atoms with Crippen molar-refractivity contribution in [3.8, 4) is 11.1 Å². The highest BCUT2D eigenvalue weighted by atomic mass is 32.2. The standard InChI is InChI=1S/C32H41NO3S2/c1-20-17-24(18-21(2)29(20)22-9-11-23(12-10-22)32(6,7)8)37-27(19-31(3,4)5)25-13-14-26(38-25)30(36)33-16-15-28(34)35/h9-14,17-18,27H,15-16,19H2,1-8H3,(H,33,36)(H,34,35)/t27-/m1/s1. The highest BCUT2D eigenvalue weighted by Crippen LogP contribution is 2.46. The number of rotatable bonds is 9. The van der Waals surface area contributed by atoms with Crippen LogP contribution in [-0.2, 0) is 10.2 Å². The molecule has 2 aromatic carbocycles. The van der Waals surface area contributed by atoms with E-state index in [2.05, 4.69) is 97.1 Å². The highest BCUT2D eigenvalue weighted by molar-refractivity contribution is 7.99. The van der Waals surface area contributed by atoms with Gasteiger partial charge in [0.1, 0.15) is 0 Å². The van der Waals surface area contributed by atoms with Crippen LogP contribution in [0.15, 0.2) is 53.4 Å². The molecule has 1 aromatic heterocycles. The molecule has 1 heterocycles. The first-order valence-electron chi connectivity index (χ1n) is 13.1. The highest BCUT2D eigenvalue weighted by Gasteiger charge is 2.24. The van der Waals surface area contributed by atoms with Gasteiger partial charge in [0.2, 0.25) is 0 Å². The van der Waals surface area contributed by atoms with Crippen molar-refractivity contribution in [2.45, 2.75) is 83.8 Å². The Labute approximate surface area is 236 Å². The Balaban J connectivity index is 1.85. The number of carboxylic acids is 1. The molecule has 1 atom stereocenters. The molecule has 0 bridgehead atoms. The van der Waals surface area contributed by atoms with E-state index in [0.29, 0.717) is 4.88 Å². The van der Waals surface area contributed by atoms with E-state index in [-0.39, 0.29) is 35.0 Å². The first kappa shape index (κ1) is 30.0. The van der Waals surface area contributed by atoms with E-state index in [1.165, 1.54) is 44.0 Å². The Morgan fingerprint density at radius 1 is 0.947 bits per heavy atom. The van der Waals surface area contributed by atoms with Crippen molar-refractivity contribution < 1.29 is 14.7 Å². The Morgan fingerprint density at radius 3 is 2.08 bits per heavy atom. The Hall–Kier alpha value is -2.57. The van der Waals surface area contributed by atoms with Gasteiger partial charge < -0.3 is 10.4 Å². The van der Waals surface area contributed by atoms with Crippen LogP contribution in [0.3, 0.4) is 0 Å². The van der Waals surface area contributed by atoms with Crippen LogP contribution in [0.4, 0.5) is 0 Å². The largest absolute Gasteiger partial charge is 0.481 e. The van der Waals surface area contributed by atoms with Crippen molar-refractivity contribution in [1.82, 2.24) is 5.32 Å². The van der Waals surface area contributed by atoms with Gasteiger partial charge in [0, 0.05) is 21.6 Å². The molecule has 0 spiro atoms. The zero-order valence-corrected chi connectivity index (χ0v) is 25.5. The zero-order chi connectivity index (χ0) is 28.3. The number of aryl methyl sites for hydroxylation is 2. The van der Waals surface area contributed by atoms with E-state index in [9.17, 15) is 9.59 Å². The van der Waals surface area contributed by atoms with E-state index in [0.717, 1.165) is 11.3 Å². The molecule has 3 rings (SSSR count). The summed E-state index contributed by atoms with van der Waals surface area (Å²) in [5, 5.41) is 11.7. The van der Waals surface area contributed by atoms with Crippen LogP contribution in [0.1, 0.15) is 90.9 Å². The number of carbonyl (C=O) groups is 2. The molecule has 0 unspecified atom stereocenters. The molecular formula is C32H41NO3S2. The van der Waals surface area contributed by atoms with Crippen molar-refractivity contribution in [2.24, 2.45) is 5.41 Å². The molecule has 0 fully saturated rings. The predicted octanol–water partition coefficient (Wildman–Crippen LogP) is 8.80. The second-order valence-corrected chi connectivity index (χ2v) is 14.6. The summed E-state index contributed by atoms with van der Waals surface area (Å²) < 4.78 is 0. The number of hydrogen-bond acceptors (Lipinski definition) is 4. The second kappa shape index (κ2) is 12.1. The first-order chi connectivity index (χ1) is 17.6. The summed E-state index contributed by atoms with van der Waals surface area (Å²) in [6, 6.07) is 17.4. The summed E-state index contributed by atoms with van der Waals surface area (Å²) in [7, 11) is 0. The fraction of sp³-hybridized carbons (Fsp3) is 0.438. The number of thiophene rings is 1. The molecule has 3 aromatic rings. The molecule has 6 heteroatoms. The SMILES string of the molecule is Cc1cc(S[C@H](CC(C)(C)C)c2ccc(C(=O)NCCC(=O)O)s2)cc(C)c1-c1ccc(C(C)(C)C)cc1. The molecular weight excluding hydrogens is 510 g/mol. The molecule has 1 amide bonds. The minimum absolute atomic E-state index is 0.0814. The number of carboxylic acid groups (broad SMARTS) is 1. The second-order valence-electron chi connectivity index (χ2n) is 12.2. The van der Waals surface area contributed by atoms with Gasteiger partial charge in [0.05, 0.1) is 11.3 Å². The molecule has 0 saturated carbocycles. The summed E-state index contributed by atoms with van der Waals surface area (Å²) >= 11 is 3.35. The van der Waals surface area contributed by atoms with Crippen LogP contribution in [-0.4, -0.2) is 23.5 Å². The van der Waals surface area contributed by atoms with Crippen LogP contribution in [0.2, 0.25) is 0 Å². The third kappa shape index (κ3) is 8.21. The lowest BCUT2D eigenvalue weighted by Gasteiger charge is -2.25. The number of thioether (sulfide) groups is 1. The van der Waals surface area contributed by atoms with E-state index < -0.39 is 5.97 Å². The smallest absolute Gasteiger partial charge is 0.305 e. The Kier molecular flexibility index (Phi) is 9.53. The minimum atomic E-state index is -0.919. The van der Waals surface area contributed by atoms with Crippen molar-refractivity contribution in [1.29, 1.82) is 0 Å². The van der Waals surface area contributed by atoms with Gasteiger partial charge >= 0.3 is 5.97 Å². The molecule has 0 aliphatic heterocycles. The summed E-state index contributed by atoms with van der Waals surface area (Å²) in [6.45, 7) is 18.0. The molecule has 0 saturated heterocycles. The average molecular weight is 552 g/mol. The summed E-state index contributed by atoms with van der Waals surface area (Å²) in [5.74, 6) is -1.13. The van der Waals surface area contributed by atoms with Crippen LogP contribution < -0.4 is 5.32 Å². The predicted molar refractivity (Wildman–Crippen MR) is 162 cm³/mol. The maximum Gasteiger partial charge on any atom is 0.305 e. The van der Waals surface area contributed by atoms with E-state index >= 15 is 0 Å². The average Bonchev–Trinajstić information content (AvgIpc) is 3.27. The lowest BCUT2D eigenvalue weighted by molar-refractivity contribution is -0.136. The Morgan fingerprint density at radius 2 is 1.55 bits per heavy atom. The van der Waals surface area contributed by atoms with Crippen molar-refractivity contribution in [3.63, 3.8) is 0 Å². The molecule has 2 N–H and O–H groups in total. The van der Waals surface area contributed by atoms with Gasteiger partial charge in [0.25, 0.3) is 5.91 Å². The number of hydrogen-bond donors (Lipinski definition) is 2. The van der Waals surface area contributed by atoms with Crippen molar-refractivity contribution in [2.75, 3.05) is 6.54 Å². The zero-order valence-electron chi connectivity index (χ0n) is 23.9. The van der Waals surface area contributed by atoms with E-state index in [1.807, 2.05) is 23.9 Å². The summed E-state index contributed by atoms with van der Waals surface area (Å²) in [5.41, 5.74) is 6.63. The van der Waals surface area contributed by atoms with Gasteiger partial charge in [-0.05, 0) is 83.2 Å². The Bertz CT molecular complexity index is 1250. The van der Waals surface area contributed by atoms with Gasteiger partial charge in [0.15, 0.2) is 0 Å². The van der Waals surface area contributed by atoms with Gasteiger partial charge in [-0.1, -0.05) is 65.8 Å². The van der Waals surface area contributed by atoms with Gasteiger partial charge in [-0.2, -0.15) is 0 Å².